The summed E-state index contributed by atoms with van der Waals surface area (Å²) in [6.07, 6.45) is 1.59. The van der Waals surface area contributed by atoms with Gasteiger partial charge in [0.15, 0.2) is 0 Å². The highest BCUT2D eigenvalue weighted by Gasteiger charge is 2.07. The Bertz CT molecular complexity index is 540. The molecule has 0 aliphatic rings. The molecular formula is C13H10BrClN2O. The Kier molecular flexibility index (Phi) is 4.33. The molecule has 2 rings (SSSR count). The van der Waals surface area contributed by atoms with Gasteiger partial charge in [0, 0.05) is 22.2 Å². The van der Waals surface area contributed by atoms with E-state index in [1.165, 1.54) is 0 Å². The van der Waals surface area contributed by atoms with Crippen LogP contribution in [0.25, 0.3) is 0 Å². The average Bonchev–Trinajstić information content (AvgIpc) is 2.40. The Balaban J connectivity index is 2.08. The maximum Gasteiger partial charge on any atom is 0.274 e. The molecule has 0 bridgehead atoms. The van der Waals surface area contributed by atoms with Gasteiger partial charge in [-0.25, -0.2) is 4.98 Å². The fourth-order valence-electron chi connectivity index (χ4n) is 1.38. The first-order valence-electron chi connectivity index (χ1n) is 5.27. The fourth-order valence-corrected chi connectivity index (χ4v) is 1.80. The summed E-state index contributed by atoms with van der Waals surface area (Å²) in [4.78, 5) is 15.9. The number of amides is 1. The lowest BCUT2D eigenvalue weighted by molar-refractivity contribution is 0.102. The first-order chi connectivity index (χ1) is 8.69. The minimum absolute atomic E-state index is 0.235. The number of halogens is 2. The third kappa shape index (κ3) is 3.31. The number of hydrogen-bond donors (Lipinski definition) is 1. The monoisotopic (exact) mass is 324 g/mol. The molecule has 2 aromatic rings. The van der Waals surface area contributed by atoms with Gasteiger partial charge in [0.1, 0.15) is 5.69 Å². The zero-order chi connectivity index (χ0) is 13.0. The van der Waals surface area contributed by atoms with E-state index < -0.39 is 0 Å². The van der Waals surface area contributed by atoms with E-state index in [9.17, 15) is 4.79 Å². The number of rotatable bonds is 3. The van der Waals surface area contributed by atoms with Gasteiger partial charge in [-0.2, -0.15) is 0 Å². The third-order valence-corrected chi connectivity index (χ3v) is 3.10. The summed E-state index contributed by atoms with van der Waals surface area (Å²) >= 11 is 8.96. The number of carbonyl (C=O) groups is 1. The molecule has 0 unspecified atom stereocenters. The fraction of sp³-hybridized carbons (Fsp3) is 0.0769. The van der Waals surface area contributed by atoms with Gasteiger partial charge in [-0.05, 0) is 45.8 Å². The van der Waals surface area contributed by atoms with Gasteiger partial charge in [-0.3, -0.25) is 4.79 Å². The van der Waals surface area contributed by atoms with Crippen molar-refractivity contribution >= 4 is 39.1 Å². The smallest absolute Gasteiger partial charge is 0.274 e. The minimum atomic E-state index is -0.235. The van der Waals surface area contributed by atoms with E-state index in [2.05, 4.69) is 26.2 Å². The summed E-state index contributed by atoms with van der Waals surface area (Å²) in [6.45, 7) is 0. The summed E-state index contributed by atoms with van der Waals surface area (Å²) in [5.74, 6) is 0.226. The van der Waals surface area contributed by atoms with Crippen LogP contribution in [0.5, 0.6) is 0 Å². The maximum absolute atomic E-state index is 11.9. The zero-order valence-electron chi connectivity index (χ0n) is 9.36. The summed E-state index contributed by atoms with van der Waals surface area (Å²) < 4.78 is 0.838. The second-order valence-electron chi connectivity index (χ2n) is 3.65. The molecule has 3 nitrogen and oxygen atoms in total. The molecule has 1 aromatic heterocycles. The highest BCUT2D eigenvalue weighted by Crippen LogP contribution is 2.13. The lowest BCUT2D eigenvalue weighted by Crippen LogP contribution is -2.13. The molecule has 1 aromatic carbocycles. The quantitative estimate of drug-likeness (QED) is 0.871. The molecule has 0 atom stereocenters. The normalized spacial score (nSPS) is 10.1. The lowest BCUT2D eigenvalue weighted by Gasteiger charge is -2.05. The van der Waals surface area contributed by atoms with Crippen molar-refractivity contribution in [2.45, 2.75) is 5.88 Å². The van der Waals surface area contributed by atoms with Crippen molar-refractivity contribution in [3.8, 4) is 0 Å². The molecule has 92 valence electrons. The van der Waals surface area contributed by atoms with Crippen molar-refractivity contribution < 1.29 is 4.79 Å². The van der Waals surface area contributed by atoms with Crippen LogP contribution in [-0.4, -0.2) is 10.9 Å². The first kappa shape index (κ1) is 13.1. The number of alkyl halides is 1. The average molecular weight is 326 g/mol. The Morgan fingerprint density at radius 3 is 2.50 bits per heavy atom. The van der Waals surface area contributed by atoms with Crippen LogP contribution in [0.3, 0.4) is 0 Å². The van der Waals surface area contributed by atoms with Crippen molar-refractivity contribution in [3.05, 3.63) is 58.3 Å². The Labute approximate surface area is 118 Å². The molecular weight excluding hydrogens is 316 g/mol. The molecule has 0 aliphatic heterocycles. The lowest BCUT2D eigenvalue weighted by atomic mass is 10.2. The molecule has 0 aliphatic carbocycles. The van der Waals surface area contributed by atoms with Crippen molar-refractivity contribution in [2.24, 2.45) is 0 Å². The SMILES string of the molecule is O=C(Nc1ccc(CCl)cc1)c1ccc(Br)cn1. The third-order valence-electron chi connectivity index (χ3n) is 2.33. The molecule has 0 saturated heterocycles. The van der Waals surface area contributed by atoms with Gasteiger partial charge in [0.05, 0.1) is 0 Å². The standard InChI is InChI=1S/C13H10BrClN2O/c14-10-3-6-12(16-8-10)13(18)17-11-4-1-9(7-15)2-5-11/h1-6,8H,7H2,(H,17,18). The van der Waals surface area contributed by atoms with Gasteiger partial charge >= 0.3 is 0 Å². The van der Waals surface area contributed by atoms with Crippen molar-refractivity contribution in [2.75, 3.05) is 5.32 Å². The predicted octanol–water partition coefficient (Wildman–Crippen LogP) is 3.84. The van der Waals surface area contributed by atoms with Crippen LogP contribution in [0.15, 0.2) is 47.1 Å². The molecule has 1 amide bonds. The summed E-state index contributed by atoms with van der Waals surface area (Å²) in [5.41, 5.74) is 2.11. The zero-order valence-corrected chi connectivity index (χ0v) is 11.7. The number of benzene rings is 1. The van der Waals surface area contributed by atoms with E-state index in [-0.39, 0.29) is 5.91 Å². The molecule has 1 heterocycles. The number of hydrogen-bond acceptors (Lipinski definition) is 2. The number of carbonyl (C=O) groups excluding carboxylic acids is 1. The molecule has 0 radical (unpaired) electrons. The van der Waals surface area contributed by atoms with E-state index in [1.54, 1.807) is 18.3 Å². The number of anilines is 1. The van der Waals surface area contributed by atoms with Crippen molar-refractivity contribution in [1.29, 1.82) is 0 Å². The van der Waals surface area contributed by atoms with Gasteiger partial charge in [-0.1, -0.05) is 12.1 Å². The van der Waals surface area contributed by atoms with Crippen LogP contribution in [-0.2, 0) is 5.88 Å². The largest absolute Gasteiger partial charge is 0.321 e. The molecule has 5 heteroatoms. The topological polar surface area (TPSA) is 42.0 Å². The van der Waals surface area contributed by atoms with E-state index in [4.69, 9.17) is 11.6 Å². The highest BCUT2D eigenvalue weighted by atomic mass is 79.9. The second kappa shape index (κ2) is 5.98. The number of nitrogens with one attached hydrogen (secondary N) is 1. The van der Waals surface area contributed by atoms with Gasteiger partial charge < -0.3 is 5.32 Å². The Morgan fingerprint density at radius 1 is 1.22 bits per heavy atom. The maximum atomic E-state index is 11.9. The molecule has 0 fully saturated rings. The van der Waals surface area contributed by atoms with Crippen LogP contribution >= 0.6 is 27.5 Å². The van der Waals surface area contributed by atoms with Crippen LogP contribution in [0.4, 0.5) is 5.69 Å². The van der Waals surface area contributed by atoms with Crippen molar-refractivity contribution in [3.63, 3.8) is 0 Å². The first-order valence-corrected chi connectivity index (χ1v) is 6.59. The minimum Gasteiger partial charge on any atom is -0.321 e. The second-order valence-corrected chi connectivity index (χ2v) is 4.83. The van der Waals surface area contributed by atoms with Crippen LogP contribution in [0.1, 0.15) is 16.1 Å². The van der Waals surface area contributed by atoms with Gasteiger partial charge in [0.2, 0.25) is 0 Å². The number of aromatic nitrogens is 1. The van der Waals surface area contributed by atoms with E-state index in [0.717, 1.165) is 15.7 Å². The summed E-state index contributed by atoms with van der Waals surface area (Å²) in [5, 5.41) is 2.77. The van der Waals surface area contributed by atoms with Gasteiger partial charge in [-0.15, -0.1) is 11.6 Å². The van der Waals surface area contributed by atoms with E-state index >= 15 is 0 Å². The highest BCUT2D eigenvalue weighted by molar-refractivity contribution is 9.10. The van der Waals surface area contributed by atoms with Gasteiger partial charge in [0.25, 0.3) is 5.91 Å². The number of pyridine rings is 1. The van der Waals surface area contributed by atoms with Crippen molar-refractivity contribution in [1.82, 2.24) is 4.98 Å². The summed E-state index contributed by atoms with van der Waals surface area (Å²) in [6, 6.07) is 10.8. The Hall–Kier alpha value is -1.39. The molecule has 0 spiro atoms. The summed E-state index contributed by atoms with van der Waals surface area (Å²) in [7, 11) is 0. The molecule has 18 heavy (non-hydrogen) atoms. The predicted molar refractivity (Wildman–Crippen MR) is 75.9 cm³/mol. The number of nitrogens with zero attached hydrogens (tertiary/aromatic N) is 1. The van der Waals surface area contributed by atoms with Crippen LogP contribution < -0.4 is 5.32 Å². The Morgan fingerprint density at radius 2 is 1.94 bits per heavy atom. The van der Waals surface area contributed by atoms with Crippen LogP contribution in [0, 0.1) is 0 Å². The molecule has 0 saturated carbocycles. The van der Waals surface area contributed by atoms with E-state index in [0.29, 0.717) is 11.6 Å². The van der Waals surface area contributed by atoms with E-state index in [1.807, 2.05) is 24.3 Å². The van der Waals surface area contributed by atoms with Crippen LogP contribution in [0.2, 0.25) is 0 Å². The molecule has 1 N–H and O–H groups in total.